The maximum atomic E-state index is 11.6. The number of carbonyl (C=O) groups is 2. The highest BCUT2D eigenvalue weighted by Gasteiger charge is 2.19. The van der Waals surface area contributed by atoms with Crippen LogP contribution in [-0.4, -0.2) is 24.6 Å². The number of benzene rings is 1. The van der Waals surface area contributed by atoms with Crippen molar-refractivity contribution in [1.29, 1.82) is 0 Å². The minimum atomic E-state index is -0.919. The summed E-state index contributed by atoms with van der Waals surface area (Å²) in [6.07, 6.45) is -0.886. The first-order valence-corrected chi connectivity index (χ1v) is 6.58. The number of primary amides is 1. The number of carbonyl (C=O) groups excluding carboxylic acids is 2. The number of nitrogens with one attached hydrogen (secondary N) is 2. The van der Waals surface area contributed by atoms with Crippen LogP contribution >= 0.6 is 11.6 Å². The molecule has 0 spiro atoms. The number of ether oxygens (including phenoxy) is 1. The zero-order chi connectivity index (χ0) is 15.1. The maximum absolute atomic E-state index is 11.6. The van der Waals surface area contributed by atoms with Crippen LogP contribution in [0.1, 0.15) is 19.4 Å². The number of urea groups is 1. The number of nitrogens with two attached hydrogens (primary N) is 1. The molecule has 1 aromatic carbocycles. The minimum Gasteiger partial charge on any atom is -0.479 e. The van der Waals surface area contributed by atoms with Crippen molar-refractivity contribution in [3.8, 4) is 5.75 Å². The number of hydrogen-bond donors (Lipinski definition) is 3. The number of halogens is 1. The molecule has 1 aromatic rings. The summed E-state index contributed by atoms with van der Waals surface area (Å²) in [7, 11) is 0. The van der Waals surface area contributed by atoms with Gasteiger partial charge in [0, 0.05) is 12.1 Å². The molecule has 1 rings (SSSR count). The molecule has 110 valence electrons. The Hall–Kier alpha value is -1.79. The van der Waals surface area contributed by atoms with Gasteiger partial charge in [-0.15, -0.1) is 0 Å². The first kappa shape index (κ1) is 16.3. The van der Waals surface area contributed by atoms with E-state index in [9.17, 15) is 9.59 Å². The Morgan fingerprint density at radius 1 is 1.45 bits per heavy atom. The van der Waals surface area contributed by atoms with E-state index >= 15 is 0 Å². The van der Waals surface area contributed by atoms with Crippen molar-refractivity contribution in [3.63, 3.8) is 0 Å². The van der Waals surface area contributed by atoms with Crippen molar-refractivity contribution in [2.24, 2.45) is 5.73 Å². The van der Waals surface area contributed by atoms with Crippen molar-refractivity contribution in [3.05, 3.63) is 28.8 Å². The van der Waals surface area contributed by atoms with E-state index in [0.717, 1.165) is 12.1 Å². The van der Waals surface area contributed by atoms with Gasteiger partial charge in [0.15, 0.2) is 6.10 Å². The molecule has 0 radical (unpaired) electrons. The summed E-state index contributed by atoms with van der Waals surface area (Å²) in [4.78, 5) is 22.2. The second kappa shape index (κ2) is 7.72. The summed E-state index contributed by atoms with van der Waals surface area (Å²) in [5.74, 6) is -0.200. The number of para-hydroxylation sites is 1. The average Bonchev–Trinajstić information content (AvgIpc) is 2.38. The van der Waals surface area contributed by atoms with Gasteiger partial charge in [-0.1, -0.05) is 30.7 Å². The van der Waals surface area contributed by atoms with Gasteiger partial charge in [0.2, 0.25) is 0 Å². The van der Waals surface area contributed by atoms with E-state index in [2.05, 4.69) is 5.32 Å². The molecule has 4 N–H and O–H groups in total. The normalized spacial score (nSPS) is 11.8. The Morgan fingerprint density at radius 3 is 2.75 bits per heavy atom. The van der Waals surface area contributed by atoms with Crippen molar-refractivity contribution in [2.75, 3.05) is 6.54 Å². The molecule has 7 heteroatoms. The topological polar surface area (TPSA) is 93.4 Å². The van der Waals surface area contributed by atoms with E-state index in [-0.39, 0.29) is 0 Å². The molecule has 0 aliphatic carbocycles. The van der Waals surface area contributed by atoms with Gasteiger partial charge in [-0.05, 0) is 19.5 Å². The molecule has 0 fully saturated rings. The van der Waals surface area contributed by atoms with Crippen molar-refractivity contribution in [1.82, 2.24) is 10.6 Å². The molecule has 0 saturated heterocycles. The lowest BCUT2D eigenvalue weighted by atomic mass is 10.2. The van der Waals surface area contributed by atoms with Gasteiger partial charge < -0.3 is 15.8 Å². The number of amides is 3. The van der Waals surface area contributed by atoms with Gasteiger partial charge in [0.25, 0.3) is 5.91 Å². The number of rotatable bonds is 6. The highest BCUT2D eigenvalue weighted by atomic mass is 35.5. The number of imide groups is 1. The SMILES string of the molecule is CCNCc1cccc(Cl)c1OC(C)C(=O)NC(N)=O. The summed E-state index contributed by atoms with van der Waals surface area (Å²) in [5.41, 5.74) is 5.72. The average molecular weight is 300 g/mol. The first-order chi connectivity index (χ1) is 9.45. The van der Waals surface area contributed by atoms with Crippen LogP contribution in [0.15, 0.2) is 18.2 Å². The monoisotopic (exact) mass is 299 g/mol. The maximum Gasteiger partial charge on any atom is 0.318 e. The highest BCUT2D eigenvalue weighted by Crippen LogP contribution is 2.29. The summed E-state index contributed by atoms with van der Waals surface area (Å²) < 4.78 is 5.54. The molecule has 20 heavy (non-hydrogen) atoms. The fraction of sp³-hybridized carbons (Fsp3) is 0.385. The zero-order valence-corrected chi connectivity index (χ0v) is 12.2. The Bertz CT molecular complexity index is 494. The summed E-state index contributed by atoms with van der Waals surface area (Å²) in [5, 5.41) is 5.52. The van der Waals surface area contributed by atoms with Crippen LogP contribution in [0.4, 0.5) is 4.79 Å². The molecule has 0 bridgehead atoms. The quantitative estimate of drug-likeness (QED) is 0.740. The predicted molar refractivity (Wildman–Crippen MR) is 76.6 cm³/mol. The summed E-state index contributed by atoms with van der Waals surface area (Å²) >= 11 is 6.09. The van der Waals surface area contributed by atoms with Crippen LogP contribution in [0.25, 0.3) is 0 Å². The molecule has 3 amide bonds. The Balaban J connectivity index is 2.84. The highest BCUT2D eigenvalue weighted by molar-refractivity contribution is 6.32. The fourth-order valence-electron chi connectivity index (χ4n) is 1.54. The Morgan fingerprint density at radius 2 is 2.15 bits per heavy atom. The van der Waals surface area contributed by atoms with Crippen LogP contribution in [0.3, 0.4) is 0 Å². The molecular weight excluding hydrogens is 282 g/mol. The lowest BCUT2D eigenvalue weighted by molar-refractivity contribution is -0.126. The molecule has 0 saturated carbocycles. The molecule has 0 heterocycles. The third-order valence-corrected chi connectivity index (χ3v) is 2.82. The van der Waals surface area contributed by atoms with Crippen molar-refractivity contribution < 1.29 is 14.3 Å². The molecular formula is C13H18ClN3O3. The van der Waals surface area contributed by atoms with E-state index in [1.165, 1.54) is 6.92 Å². The van der Waals surface area contributed by atoms with Crippen LogP contribution in [0, 0.1) is 0 Å². The Kier molecular flexibility index (Phi) is 6.27. The molecule has 0 aliphatic rings. The minimum absolute atomic E-state index is 0.402. The zero-order valence-electron chi connectivity index (χ0n) is 11.4. The summed E-state index contributed by atoms with van der Waals surface area (Å²) in [6.45, 7) is 4.85. The fourth-order valence-corrected chi connectivity index (χ4v) is 1.78. The smallest absolute Gasteiger partial charge is 0.318 e. The van der Waals surface area contributed by atoms with Gasteiger partial charge in [-0.2, -0.15) is 0 Å². The van der Waals surface area contributed by atoms with E-state index in [4.69, 9.17) is 22.1 Å². The summed E-state index contributed by atoms with van der Waals surface area (Å²) in [6, 6.07) is 4.40. The second-order valence-corrected chi connectivity index (χ2v) is 4.53. The van der Waals surface area contributed by atoms with Crippen LogP contribution in [0.2, 0.25) is 5.02 Å². The molecule has 0 aromatic heterocycles. The van der Waals surface area contributed by atoms with Gasteiger partial charge >= 0.3 is 6.03 Å². The lowest BCUT2D eigenvalue weighted by Gasteiger charge is -2.17. The molecule has 1 atom stereocenters. The molecule has 1 unspecified atom stereocenters. The molecule has 0 aliphatic heterocycles. The standard InChI is InChI=1S/C13H18ClN3O3/c1-3-16-7-9-5-4-6-10(14)11(9)20-8(2)12(18)17-13(15)19/h4-6,8,16H,3,7H2,1-2H3,(H3,15,17,18,19). The molecule has 6 nitrogen and oxygen atoms in total. The lowest BCUT2D eigenvalue weighted by Crippen LogP contribution is -2.42. The van der Waals surface area contributed by atoms with Crippen LogP contribution in [0.5, 0.6) is 5.75 Å². The largest absolute Gasteiger partial charge is 0.479 e. The predicted octanol–water partition coefficient (Wildman–Crippen LogP) is 1.41. The van der Waals surface area contributed by atoms with Crippen molar-refractivity contribution in [2.45, 2.75) is 26.5 Å². The van der Waals surface area contributed by atoms with E-state index in [1.807, 2.05) is 18.3 Å². The van der Waals surface area contributed by atoms with Gasteiger partial charge in [-0.3, -0.25) is 10.1 Å². The van der Waals surface area contributed by atoms with Gasteiger partial charge in [-0.25, -0.2) is 4.79 Å². The van der Waals surface area contributed by atoms with Crippen LogP contribution < -0.4 is 21.1 Å². The van der Waals surface area contributed by atoms with Crippen molar-refractivity contribution >= 4 is 23.5 Å². The third-order valence-electron chi connectivity index (χ3n) is 2.52. The number of hydrogen-bond acceptors (Lipinski definition) is 4. The van der Waals surface area contributed by atoms with E-state index < -0.39 is 18.0 Å². The Labute approximate surface area is 122 Å². The van der Waals surface area contributed by atoms with Gasteiger partial charge in [0.1, 0.15) is 5.75 Å². The van der Waals surface area contributed by atoms with E-state index in [0.29, 0.717) is 17.3 Å². The third kappa shape index (κ3) is 4.71. The van der Waals surface area contributed by atoms with E-state index in [1.54, 1.807) is 12.1 Å². The van der Waals surface area contributed by atoms with Gasteiger partial charge in [0.05, 0.1) is 5.02 Å². The first-order valence-electron chi connectivity index (χ1n) is 6.20. The van der Waals surface area contributed by atoms with Crippen LogP contribution in [-0.2, 0) is 11.3 Å². The second-order valence-electron chi connectivity index (χ2n) is 4.12.